The summed E-state index contributed by atoms with van der Waals surface area (Å²) in [6.07, 6.45) is 7.37. The topological polar surface area (TPSA) is 28.2 Å². The number of piperidine rings is 1. The summed E-state index contributed by atoms with van der Waals surface area (Å²) in [5, 5.41) is 3.43. The number of likely N-dealkylation sites (tertiary alicyclic amines) is 1. The predicted molar refractivity (Wildman–Crippen MR) is 84.6 cm³/mol. The van der Waals surface area contributed by atoms with Crippen LogP contribution in [0.15, 0.2) is 18.3 Å². The van der Waals surface area contributed by atoms with E-state index in [2.05, 4.69) is 48.1 Å². The minimum atomic E-state index is 0.522. The number of nitrogens with zero attached hydrogens (tertiary/aromatic N) is 2. The lowest BCUT2D eigenvalue weighted by Crippen LogP contribution is -2.38. The largest absolute Gasteiger partial charge is 0.310 e. The van der Waals surface area contributed by atoms with E-state index in [-0.39, 0.29) is 0 Å². The summed E-state index contributed by atoms with van der Waals surface area (Å²) in [5.41, 5.74) is 2.48. The van der Waals surface area contributed by atoms with Crippen LogP contribution in [0.4, 0.5) is 0 Å². The Labute approximate surface area is 123 Å². The van der Waals surface area contributed by atoms with Crippen molar-refractivity contribution < 1.29 is 0 Å². The Morgan fingerprint density at radius 2 is 2.20 bits per heavy atom. The fourth-order valence-electron chi connectivity index (χ4n) is 2.91. The highest BCUT2D eigenvalue weighted by Crippen LogP contribution is 2.21. The molecular formula is C17H29N3. The van der Waals surface area contributed by atoms with Gasteiger partial charge in [-0.2, -0.15) is 0 Å². The molecule has 1 unspecified atom stereocenters. The van der Waals surface area contributed by atoms with Crippen LogP contribution >= 0.6 is 0 Å². The van der Waals surface area contributed by atoms with Crippen molar-refractivity contribution in [2.24, 2.45) is 0 Å². The maximum Gasteiger partial charge on any atom is 0.0544 e. The first-order valence-electron chi connectivity index (χ1n) is 8.10. The molecule has 20 heavy (non-hydrogen) atoms. The van der Waals surface area contributed by atoms with Crippen molar-refractivity contribution in [2.75, 3.05) is 6.54 Å². The average Bonchev–Trinajstić information content (AvgIpc) is 2.47. The second-order valence-electron chi connectivity index (χ2n) is 6.22. The summed E-state index contributed by atoms with van der Waals surface area (Å²) in [4.78, 5) is 7.25. The van der Waals surface area contributed by atoms with E-state index in [4.69, 9.17) is 0 Å². The maximum absolute atomic E-state index is 4.64. The van der Waals surface area contributed by atoms with E-state index >= 15 is 0 Å². The van der Waals surface area contributed by atoms with Crippen molar-refractivity contribution in [1.29, 1.82) is 0 Å². The molecule has 1 N–H and O–H groups in total. The van der Waals surface area contributed by atoms with Gasteiger partial charge in [-0.3, -0.25) is 9.88 Å². The van der Waals surface area contributed by atoms with Gasteiger partial charge in [0.25, 0.3) is 0 Å². The van der Waals surface area contributed by atoms with Crippen molar-refractivity contribution in [2.45, 2.75) is 71.6 Å². The Bertz CT molecular complexity index is 386. The summed E-state index contributed by atoms with van der Waals surface area (Å²) in [7, 11) is 0. The lowest BCUT2D eigenvalue weighted by molar-refractivity contribution is 0.134. The van der Waals surface area contributed by atoms with E-state index in [0.717, 1.165) is 19.1 Å². The van der Waals surface area contributed by atoms with Gasteiger partial charge >= 0.3 is 0 Å². The van der Waals surface area contributed by atoms with Crippen LogP contribution in [0.2, 0.25) is 0 Å². The third kappa shape index (κ3) is 4.57. The standard InChI is InChI=1S/C17H29N3/c1-4-17-7-5-6-10-20(17)13-16-9-8-15(12-19-16)11-18-14(2)3/h8-9,12,14,17-18H,4-7,10-11,13H2,1-3H3. The second-order valence-corrected chi connectivity index (χ2v) is 6.22. The average molecular weight is 275 g/mol. The van der Waals surface area contributed by atoms with Gasteiger partial charge < -0.3 is 5.32 Å². The lowest BCUT2D eigenvalue weighted by atomic mass is 10.00. The Hall–Kier alpha value is -0.930. The Balaban J connectivity index is 1.89. The smallest absolute Gasteiger partial charge is 0.0544 e. The van der Waals surface area contributed by atoms with Crippen molar-refractivity contribution in [3.05, 3.63) is 29.6 Å². The zero-order chi connectivity index (χ0) is 14.4. The summed E-state index contributed by atoms with van der Waals surface area (Å²) in [6, 6.07) is 5.68. The van der Waals surface area contributed by atoms with Gasteiger partial charge in [0.2, 0.25) is 0 Å². The molecule has 112 valence electrons. The molecule has 1 aromatic rings. The Morgan fingerprint density at radius 3 is 2.85 bits per heavy atom. The fourth-order valence-corrected chi connectivity index (χ4v) is 2.91. The molecule has 0 bridgehead atoms. The normalized spacial score (nSPS) is 20.5. The van der Waals surface area contributed by atoms with Crippen LogP contribution in [0.3, 0.4) is 0 Å². The first-order valence-corrected chi connectivity index (χ1v) is 8.10. The van der Waals surface area contributed by atoms with Crippen LogP contribution in [0.25, 0.3) is 0 Å². The molecule has 0 spiro atoms. The SMILES string of the molecule is CCC1CCCCN1Cc1ccc(CNC(C)C)cn1. The summed E-state index contributed by atoms with van der Waals surface area (Å²) in [5.74, 6) is 0. The van der Waals surface area contributed by atoms with E-state index in [1.807, 2.05) is 6.20 Å². The van der Waals surface area contributed by atoms with Crippen LogP contribution in [0.1, 0.15) is 57.7 Å². The van der Waals surface area contributed by atoms with Crippen molar-refractivity contribution in [1.82, 2.24) is 15.2 Å². The fraction of sp³-hybridized carbons (Fsp3) is 0.706. The third-order valence-corrected chi connectivity index (χ3v) is 4.19. The quantitative estimate of drug-likeness (QED) is 0.863. The van der Waals surface area contributed by atoms with Crippen molar-refractivity contribution in [3.63, 3.8) is 0 Å². The summed E-state index contributed by atoms with van der Waals surface area (Å²) < 4.78 is 0. The van der Waals surface area contributed by atoms with Gasteiger partial charge in [0.15, 0.2) is 0 Å². The molecule has 2 rings (SSSR count). The second kappa shape index (κ2) is 7.75. The number of aromatic nitrogens is 1. The lowest BCUT2D eigenvalue weighted by Gasteiger charge is -2.34. The monoisotopic (exact) mass is 275 g/mol. The summed E-state index contributed by atoms with van der Waals surface area (Å²) >= 11 is 0. The van der Waals surface area contributed by atoms with Gasteiger partial charge in [0, 0.05) is 31.4 Å². The Kier molecular flexibility index (Phi) is 5.99. The molecule has 2 heterocycles. The van der Waals surface area contributed by atoms with Crippen LogP contribution in [0, 0.1) is 0 Å². The molecule has 0 aliphatic carbocycles. The molecular weight excluding hydrogens is 246 g/mol. The molecule has 3 heteroatoms. The third-order valence-electron chi connectivity index (χ3n) is 4.19. The molecule has 3 nitrogen and oxygen atoms in total. The number of hydrogen-bond donors (Lipinski definition) is 1. The van der Waals surface area contributed by atoms with E-state index in [9.17, 15) is 0 Å². The highest BCUT2D eigenvalue weighted by Gasteiger charge is 2.20. The van der Waals surface area contributed by atoms with E-state index in [0.29, 0.717) is 6.04 Å². The first kappa shape index (κ1) is 15.5. The van der Waals surface area contributed by atoms with Crippen molar-refractivity contribution >= 4 is 0 Å². The summed E-state index contributed by atoms with van der Waals surface area (Å²) in [6.45, 7) is 9.79. The van der Waals surface area contributed by atoms with Gasteiger partial charge in [-0.1, -0.05) is 33.3 Å². The van der Waals surface area contributed by atoms with Gasteiger partial charge in [0.05, 0.1) is 5.69 Å². The van der Waals surface area contributed by atoms with Gasteiger partial charge in [-0.15, -0.1) is 0 Å². The number of pyridine rings is 1. The minimum Gasteiger partial charge on any atom is -0.310 e. The van der Waals surface area contributed by atoms with Crippen LogP contribution in [0.5, 0.6) is 0 Å². The molecule has 1 atom stereocenters. The zero-order valence-corrected chi connectivity index (χ0v) is 13.2. The molecule has 1 saturated heterocycles. The van der Waals surface area contributed by atoms with Crippen LogP contribution in [-0.4, -0.2) is 28.5 Å². The molecule has 0 aromatic carbocycles. The first-order chi connectivity index (χ1) is 9.69. The van der Waals surface area contributed by atoms with Crippen LogP contribution < -0.4 is 5.32 Å². The molecule has 1 aromatic heterocycles. The highest BCUT2D eigenvalue weighted by atomic mass is 15.2. The van der Waals surface area contributed by atoms with Crippen molar-refractivity contribution in [3.8, 4) is 0 Å². The number of hydrogen-bond acceptors (Lipinski definition) is 3. The highest BCUT2D eigenvalue weighted by molar-refractivity contribution is 5.14. The van der Waals surface area contributed by atoms with E-state index in [1.165, 1.54) is 43.5 Å². The number of nitrogens with one attached hydrogen (secondary N) is 1. The molecule has 0 amide bonds. The molecule has 1 aliphatic rings. The molecule has 1 fully saturated rings. The van der Waals surface area contributed by atoms with E-state index in [1.54, 1.807) is 0 Å². The predicted octanol–water partition coefficient (Wildman–Crippen LogP) is 3.34. The van der Waals surface area contributed by atoms with Gasteiger partial charge in [-0.05, 0) is 37.4 Å². The molecule has 1 aliphatic heterocycles. The minimum absolute atomic E-state index is 0.522. The van der Waals surface area contributed by atoms with E-state index < -0.39 is 0 Å². The van der Waals surface area contributed by atoms with Crippen LogP contribution in [-0.2, 0) is 13.1 Å². The van der Waals surface area contributed by atoms with Gasteiger partial charge in [-0.25, -0.2) is 0 Å². The molecule has 0 radical (unpaired) electrons. The Morgan fingerprint density at radius 1 is 1.35 bits per heavy atom. The zero-order valence-electron chi connectivity index (χ0n) is 13.2. The molecule has 0 saturated carbocycles. The van der Waals surface area contributed by atoms with Gasteiger partial charge in [0.1, 0.15) is 0 Å². The number of rotatable bonds is 6. The maximum atomic E-state index is 4.64.